The van der Waals surface area contributed by atoms with Crippen LogP contribution in [0.15, 0.2) is 84.1 Å². The van der Waals surface area contributed by atoms with E-state index >= 15 is 0 Å². The highest BCUT2D eigenvalue weighted by molar-refractivity contribution is 6.05. The third-order valence-electron chi connectivity index (χ3n) is 7.12. The van der Waals surface area contributed by atoms with Crippen molar-refractivity contribution < 1.29 is 32.7 Å². The van der Waals surface area contributed by atoms with Crippen LogP contribution in [0.5, 0.6) is 0 Å². The maximum absolute atomic E-state index is 14.3. The van der Waals surface area contributed by atoms with Gasteiger partial charge in [-0.2, -0.15) is 18.4 Å². The normalized spacial score (nSPS) is 15.5. The van der Waals surface area contributed by atoms with E-state index in [4.69, 9.17) is 0 Å². The number of anilines is 1. The van der Waals surface area contributed by atoms with Crippen molar-refractivity contribution >= 4 is 23.5 Å². The van der Waals surface area contributed by atoms with Gasteiger partial charge in [-0.3, -0.25) is 9.69 Å². The number of allylic oxidation sites excluding steroid dienone is 1. The Labute approximate surface area is 241 Å². The number of rotatable bonds is 9. The van der Waals surface area contributed by atoms with Crippen LogP contribution in [-0.2, 0) is 17.5 Å². The fourth-order valence-corrected chi connectivity index (χ4v) is 5.05. The molecule has 10 heteroatoms. The molecule has 1 N–H and O–H groups in total. The Morgan fingerprint density at radius 1 is 1.02 bits per heavy atom. The Balaban J connectivity index is 1.96. The SMILES string of the molecule is CCCCC(=O)C1=C(C)N(c2cccc(C(F)(F)F)c2)C(=O)N(Cc2cccc(C(=O)O)c2)C1c1ccc(C#N)cc1. The smallest absolute Gasteiger partial charge is 0.416 e. The summed E-state index contributed by atoms with van der Waals surface area (Å²) in [4.78, 5) is 42.2. The van der Waals surface area contributed by atoms with E-state index in [0.717, 1.165) is 23.5 Å². The molecule has 4 rings (SSSR count). The van der Waals surface area contributed by atoms with Crippen LogP contribution < -0.4 is 4.90 Å². The molecule has 7 nitrogen and oxygen atoms in total. The summed E-state index contributed by atoms with van der Waals surface area (Å²) in [6.07, 6.45) is -3.22. The fourth-order valence-electron chi connectivity index (χ4n) is 5.05. The Kier molecular flexibility index (Phi) is 8.81. The second kappa shape index (κ2) is 12.3. The maximum Gasteiger partial charge on any atom is 0.416 e. The zero-order valence-electron chi connectivity index (χ0n) is 23.0. The van der Waals surface area contributed by atoms with Crippen LogP contribution in [0.4, 0.5) is 23.7 Å². The van der Waals surface area contributed by atoms with Crippen LogP contribution in [0, 0.1) is 11.3 Å². The molecule has 1 aliphatic rings. The van der Waals surface area contributed by atoms with E-state index in [1.54, 1.807) is 30.3 Å². The van der Waals surface area contributed by atoms with Crippen LogP contribution in [0.3, 0.4) is 0 Å². The highest BCUT2D eigenvalue weighted by Gasteiger charge is 2.42. The number of aromatic carboxylic acids is 1. The molecule has 0 bridgehead atoms. The quantitative estimate of drug-likeness (QED) is 0.285. The molecule has 1 aliphatic heterocycles. The van der Waals surface area contributed by atoms with E-state index in [1.807, 2.05) is 13.0 Å². The van der Waals surface area contributed by atoms with Gasteiger partial charge in [0.05, 0.1) is 34.5 Å². The molecule has 0 saturated carbocycles. The first kappa shape index (κ1) is 30.1. The van der Waals surface area contributed by atoms with Crippen LogP contribution in [-0.4, -0.2) is 27.8 Å². The summed E-state index contributed by atoms with van der Waals surface area (Å²) in [7, 11) is 0. The van der Waals surface area contributed by atoms with Gasteiger partial charge in [0, 0.05) is 24.2 Å². The van der Waals surface area contributed by atoms with Gasteiger partial charge in [-0.1, -0.05) is 43.7 Å². The highest BCUT2D eigenvalue weighted by atomic mass is 19.4. The minimum Gasteiger partial charge on any atom is -0.478 e. The number of nitriles is 1. The third-order valence-corrected chi connectivity index (χ3v) is 7.12. The summed E-state index contributed by atoms with van der Waals surface area (Å²) in [5.41, 5.74) is 0.764. The van der Waals surface area contributed by atoms with E-state index in [-0.39, 0.29) is 41.3 Å². The molecule has 0 aliphatic carbocycles. The number of benzene rings is 3. The van der Waals surface area contributed by atoms with Gasteiger partial charge in [0.2, 0.25) is 0 Å². The van der Waals surface area contributed by atoms with Gasteiger partial charge in [0.15, 0.2) is 5.78 Å². The van der Waals surface area contributed by atoms with Gasteiger partial charge in [0.25, 0.3) is 0 Å². The number of Topliss-reactive ketones (excluding diaryl/α,β-unsaturated/α-hetero) is 1. The monoisotopic (exact) mass is 575 g/mol. The van der Waals surface area contributed by atoms with Gasteiger partial charge < -0.3 is 10.0 Å². The molecule has 0 aromatic heterocycles. The van der Waals surface area contributed by atoms with E-state index in [1.165, 1.54) is 42.2 Å². The van der Waals surface area contributed by atoms with Crippen molar-refractivity contribution in [2.75, 3.05) is 4.90 Å². The number of halogens is 3. The predicted octanol–water partition coefficient (Wildman–Crippen LogP) is 7.49. The number of ketones is 1. The number of carboxylic acid groups (broad SMARTS) is 1. The number of unbranched alkanes of at least 4 members (excludes halogenated alkanes) is 1. The van der Waals surface area contributed by atoms with Gasteiger partial charge in [-0.05, 0) is 66.9 Å². The molecular weight excluding hydrogens is 547 g/mol. The Bertz CT molecular complexity index is 1590. The third kappa shape index (κ3) is 6.20. The summed E-state index contributed by atoms with van der Waals surface area (Å²) >= 11 is 0. The number of hydrogen-bond acceptors (Lipinski definition) is 4. The average molecular weight is 576 g/mol. The summed E-state index contributed by atoms with van der Waals surface area (Å²) in [5.74, 6) is -1.43. The zero-order chi connectivity index (χ0) is 30.6. The topological polar surface area (TPSA) is 102 Å². The molecular formula is C32H28F3N3O4. The molecule has 3 aromatic rings. The molecule has 1 heterocycles. The van der Waals surface area contributed by atoms with E-state index in [2.05, 4.69) is 0 Å². The van der Waals surface area contributed by atoms with Gasteiger partial charge in [-0.15, -0.1) is 0 Å². The molecule has 216 valence electrons. The number of alkyl halides is 3. The lowest BCUT2D eigenvalue weighted by molar-refractivity contribution is -0.137. The molecule has 3 aromatic carbocycles. The fraction of sp³-hybridized carbons (Fsp3) is 0.250. The number of hydrogen-bond donors (Lipinski definition) is 1. The summed E-state index contributed by atoms with van der Waals surface area (Å²) in [5, 5.41) is 18.8. The van der Waals surface area contributed by atoms with E-state index in [0.29, 0.717) is 23.1 Å². The number of amides is 2. The van der Waals surface area contributed by atoms with Gasteiger partial charge >= 0.3 is 18.2 Å². The number of nitrogens with zero attached hydrogens (tertiary/aromatic N) is 3. The van der Waals surface area contributed by atoms with Gasteiger partial charge in [-0.25, -0.2) is 9.59 Å². The van der Waals surface area contributed by atoms with Crippen LogP contribution in [0.1, 0.15) is 71.8 Å². The van der Waals surface area contributed by atoms with Gasteiger partial charge in [0.1, 0.15) is 0 Å². The molecule has 2 amide bonds. The second-order valence-corrected chi connectivity index (χ2v) is 9.96. The Hall–Kier alpha value is -4.91. The van der Waals surface area contributed by atoms with Crippen LogP contribution in [0.2, 0.25) is 0 Å². The van der Waals surface area contributed by atoms with Crippen LogP contribution >= 0.6 is 0 Å². The predicted molar refractivity (Wildman–Crippen MR) is 149 cm³/mol. The standard InChI is InChI=1S/C32H28F3N3O4/c1-3-4-11-27(39)28-20(2)38(26-10-6-9-25(17-26)32(33,34)35)31(42)37(19-22-7-5-8-24(16-22)30(40)41)29(28)23-14-12-21(18-36)13-15-23/h5-10,12-17,29H,3-4,11,19H2,1-2H3,(H,40,41). The van der Waals surface area contributed by atoms with E-state index < -0.39 is 29.8 Å². The maximum atomic E-state index is 14.3. The lowest BCUT2D eigenvalue weighted by Gasteiger charge is -2.43. The largest absolute Gasteiger partial charge is 0.478 e. The molecule has 0 radical (unpaired) electrons. The average Bonchev–Trinajstić information content (AvgIpc) is 2.97. The number of urea groups is 1. The van der Waals surface area contributed by atoms with Crippen molar-refractivity contribution in [2.45, 2.75) is 51.9 Å². The highest BCUT2D eigenvalue weighted by Crippen LogP contribution is 2.42. The molecule has 0 spiro atoms. The first-order valence-corrected chi connectivity index (χ1v) is 13.3. The second-order valence-electron chi connectivity index (χ2n) is 9.96. The van der Waals surface area contributed by atoms with Crippen molar-refractivity contribution in [1.29, 1.82) is 5.26 Å². The Morgan fingerprint density at radius 2 is 1.71 bits per heavy atom. The summed E-state index contributed by atoms with van der Waals surface area (Å²) in [6.45, 7) is 3.32. The molecule has 42 heavy (non-hydrogen) atoms. The molecule has 0 fully saturated rings. The first-order valence-electron chi connectivity index (χ1n) is 13.3. The van der Waals surface area contributed by atoms with Crippen molar-refractivity contribution in [2.24, 2.45) is 0 Å². The van der Waals surface area contributed by atoms with Crippen molar-refractivity contribution in [3.8, 4) is 6.07 Å². The van der Waals surface area contributed by atoms with Crippen molar-refractivity contribution in [3.05, 3.63) is 112 Å². The lowest BCUT2D eigenvalue weighted by atomic mass is 9.87. The summed E-state index contributed by atoms with van der Waals surface area (Å²) < 4.78 is 40.9. The minimum absolute atomic E-state index is 0.00687. The Morgan fingerprint density at radius 3 is 2.33 bits per heavy atom. The van der Waals surface area contributed by atoms with E-state index in [9.17, 15) is 37.9 Å². The minimum atomic E-state index is -4.66. The molecule has 1 unspecified atom stereocenters. The lowest BCUT2D eigenvalue weighted by Crippen LogP contribution is -2.50. The zero-order valence-corrected chi connectivity index (χ0v) is 23.0. The van der Waals surface area contributed by atoms with Crippen molar-refractivity contribution in [1.82, 2.24) is 4.90 Å². The number of carboxylic acids is 1. The summed E-state index contributed by atoms with van der Waals surface area (Å²) in [6, 6.07) is 17.1. The number of carbonyl (C=O) groups excluding carboxylic acids is 2. The van der Waals surface area contributed by atoms with Crippen LogP contribution in [0.25, 0.3) is 0 Å². The first-order chi connectivity index (χ1) is 20.0. The molecule has 0 saturated heterocycles. The van der Waals surface area contributed by atoms with Crippen molar-refractivity contribution in [3.63, 3.8) is 0 Å². The molecule has 1 atom stereocenters. The number of carbonyl (C=O) groups is 3.